The molecule has 0 unspecified atom stereocenters. The summed E-state index contributed by atoms with van der Waals surface area (Å²) in [5, 5.41) is 15.4. The van der Waals surface area contributed by atoms with Crippen LogP contribution in [-0.2, 0) is 14.3 Å². The van der Waals surface area contributed by atoms with Crippen LogP contribution in [0.25, 0.3) is 0 Å². The lowest BCUT2D eigenvalue weighted by Gasteiger charge is -2.58. The van der Waals surface area contributed by atoms with Crippen molar-refractivity contribution >= 4 is 27.9 Å². The van der Waals surface area contributed by atoms with Crippen molar-refractivity contribution in [3.8, 4) is 6.07 Å². The Morgan fingerprint density at radius 3 is 2.53 bits per heavy atom. The van der Waals surface area contributed by atoms with E-state index in [1.165, 1.54) is 0 Å². The highest BCUT2D eigenvalue weighted by atomic mass is 79.9. The quantitative estimate of drug-likeness (QED) is 0.573. The number of ether oxygens (including phenoxy) is 2. The van der Waals surface area contributed by atoms with Gasteiger partial charge in [-0.2, -0.15) is 5.26 Å². The van der Waals surface area contributed by atoms with Crippen LogP contribution in [0, 0.1) is 23.2 Å². The van der Waals surface area contributed by atoms with Gasteiger partial charge in [0.15, 0.2) is 5.79 Å². The molecular formula is C21H21BrN4O4. The van der Waals surface area contributed by atoms with Gasteiger partial charge >= 0.3 is 6.03 Å². The molecule has 9 heteroatoms. The monoisotopic (exact) mass is 472 g/mol. The van der Waals surface area contributed by atoms with Crippen molar-refractivity contribution in [1.29, 1.82) is 5.26 Å². The number of urea groups is 1. The van der Waals surface area contributed by atoms with Crippen LogP contribution < -0.4 is 16.4 Å². The number of nitrogens with zero attached hydrogens (tertiary/aromatic N) is 1. The minimum absolute atomic E-state index is 0.225. The molecule has 0 bridgehead atoms. The number of rotatable bonds is 1. The molecule has 3 fully saturated rings. The number of imide groups is 1. The topological polar surface area (TPSA) is 126 Å². The molecule has 2 aliphatic carbocycles. The summed E-state index contributed by atoms with van der Waals surface area (Å²) in [7, 11) is 0. The molecule has 30 heavy (non-hydrogen) atoms. The second kappa shape index (κ2) is 6.80. The van der Waals surface area contributed by atoms with Gasteiger partial charge in [-0.15, -0.1) is 0 Å². The van der Waals surface area contributed by atoms with Gasteiger partial charge in [-0.25, -0.2) is 4.79 Å². The number of halogens is 1. The molecule has 4 atom stereocenters. The third-order valence-corrected chi connectivity index (χ3v) is 7.50. The highest BCUT2D eigenvalue weighted by Gasteiger charge is 2.65. The number of carbonyl (C=O) groups is 2. The standard InChI is InChI=1S/C21H21BrN4O4/c22-12-3-1-11(2-4-12)15-13(10-23)17(24)16-18(27)25-19(28)26-21(16)6-5-20(9-14(15)21)29-7-8-30-20/h1-4,14-16H,5-9,24H2,(H2,25,26,27,28)/t14-,15+,16-,21-/m1/s1. The van der Waals surface area contributed by atoms with E-state index in [2.05, 4.69) is 32.6 Å². The first-order valence-corrected chi connectivity index (χ1v) is 10.7. The minimum Gasteiger partial charge on any atom is -0.400 e. The van der Waals surface area contributed by atoms with Crippen molar-refractivity contribution in [3.63, 3.8) is 0 Å². The first-order chi connectivity index (χ1) is 14.4. The Labute approximate surface area is 181 Å². The molecule has 4 aliphatic rings. The van der Waals surface area contributed by atoms with Crippen LogP contribution in [-0.4, -0.2) is 36.5 Å². The summed E-state index contributed by atoms with van der Waals surface area (Å²) < 4.78 is 12.9. The lowest BCUT2D eigenvalue weighted by Crippen LogP contribution is -2.74. The molecule has 2 spiro atoms. The molecule has 0 radical (unpaired) electrons. The highest BCUT2D eigenvalue weighted by Crippen LogP contribution is 2.58. The maximum atomic E-state index is 12.9. The largest absolute Gasteiger partial charge is 0.400 e. The zero-order valence-electron chi connectivity index (χ0n) is 16.1. The first-order valence-electron chi connectivity index (χ1n) is 9.95. The van der Waals surface area contributed by atoms with Crippen LogP contribution in [0.3, 0.4) is 0 Å². The van der Waals surface area contributed by atoms with Gasteiger partial charge in [-0.05, 0) is 30.0 Å². The molecular weight excluding hydrogens is 452 g/mol. The van der Waals surface area contributed by atoms with Crippen LogP contribution >= 0.6 is 15.9 Å². The molecule has 5 rings (SSSR count). The predicted molar refractivity (Wildman–Crippen MR) is 109 cm³/mol. The summed E-state index contributed by atoms with van der Waals surface area (Å²) in [5.74, 6) is -2.73. The van der Waals surface area contributed by atoms with Crippen molar-refractivity contribution in [2.24, 2.45) is 17.6 Å². The fourth-order valence-electron chi connectivity index (χ4n) is 5.78. The van der Waals surface area contributed by atoms with E-state index in [0.29, 0.717) is 38.0 Å². The second-order valence-electron chi connectivity index (χ2n) is 8.35. The average molecular weight is 473 g/mol. The number of nitrogens with two attached hydrogens (primary N) is 1. The lowest BCUT2D eigenvalue weighted by molar-refractivity contribution is -0.206. The summed E-state index contributed by atoms with van der Waals surface area (Å²) in [5.41, 5.74) is 7.05. The third kappa shape index (κ3) is 2.71. The molecule has 1 saturated carbocycles. The van der Waals surface area contributed by atoms with Gasteiger partial charge < -0.3 is 20.5 Å². The number of nitriles is 1. The summed E-state index contributed by atoms with van der Waals surface area (Å²) >= 11 is 3.45. The lowest BCUT2D eigenvalue weighted by atomic mass is 9.53. The van der Waals surface area contributed by atoms with E-state index in [0.717, 1.165) is 10.0 Å². The van der Waals surface area contributed by atoms with Crippen LogP contribution in [0.5, 0.6) is 0 Å². The molecule has 156 valence electrons. The van der Waals surface area contributed by atoms with E-state index in [1.807, 2.05) is 24.3 Å². The van der Waals surface area contributed by atoms with E-state index < -0.39 is 35.1 Å². The number of benzene rings is 1. The van der Waals surface area contributed by atoms with Crippen LogP contribution in [0.4, 0.5) is 4.79 Å². The number of hydrogen-bond donors (Lipinski definition) is 3. The Kier molecular flexibility index (Phi) is 4.43. The third-order valence-electron chi connectivity index (χ3n) is 6.97. The normalized spacial score (nSPS) is 34.6. The van der Waals surface area contributed by atoms with E-state index in [-0.39, 0.29) is 11.6 Å². The molecule has 3 amide bonds. The molecule has 2 saturated heterocycles. The molecule has 1 aromatic rings. The van der Waals surface area contributed by atoms with E-state index in [9.17, 15) is 14.9 Å². The number of allylic oxidation sites excluding steroid dienone is 1. The molecule has 2 heterocycles. The zero-order valence-corrected chi connectivity index (χ0v) is 17.7. The van der Waals surface area contributed by atoms with Gasteiger partial charge in [0, 0.05) is 28.9 Å². The SMILES string of the molecule is N#CC1=C(N)[C@@H]2C(=O)NC(=O)N[C@@]23CCC2(C[C@@H]3[C@H]1c1ccc(Br)cc1)OCCO2. The minimum atomic E-state index is -0.901. The Morgan fingerprint density at radius 2 is 1.87 bits per heavy atom. The smallest absolute Gasteiger partial charge is 0.321 e. The fourth-order valence-corrected chi connectivity index (χ4v) is 6.05. The molecule has 2 aliphatic heterocycles. The fraction of sp³-hybridized carbons (Fsp3) is 0.476. The summed E-state index contributed by atoms with van der Waals surface area (Å²) in [6, 6.07) is 9.42. The van der Waals surface area contributed by atoms with Crippen molar-refractivity contribution in [3.05, 3.63) is 45.6 Å². The summed E-state index contributed by atoms with van der Waals surface area (Å²) in [6.45, 7) is 1.00. The number of nitrogens with one attached hydrogen (secondary N) is 2. The van der Waals surface area contributed by atoms with Gasteiger partial charge in [0.2, 0.25) is 5.91 Å². The zero-order chi connectivity index (χ0) is 21.1. The molecule has 0 aromatic heterocycles. The van der Waals surface area contributed by atoms with Gasteiger partial charge in [-0.1, -0.05) is 28.1 Å². The van der Waals surface area contributed by atoms with Gasteiger partial charge in [-0.3, -0.25) is 10.1 Å². The second-order valence-corrected chi connectivity index (χ2v) is 9.26. The maximum absolute atomic E-state index is 12.9. The Balaban J connectivity index is 1.72. The Morgan fingerprint density at radius 1 is 1.17 bits per heavy atom. The van der Waals surface area contributed by atoms with Crippen molar-refractivity contribution in [1.82, 2.24) is 10.6 Å². The van der Waals surface area contributed by atoms with Gasteiger partial charge in [0.05, 0.1) is 30.4 Å². The van der Waals surface area contributed by atoms with Crippen molar-refractivity contribution in [2.75, 3.05) is 13.2 Å². The number of amides is 3. The molecule has 4 N–H and O–H groups in total. The van der Waals surface area contributed by atoms with E-state index >= 15 is 0 Å². The first kappa shape index (κ1) is 19.5. The van der Waals surface area contributed by atoms with E-state index in [1.54, 1.807) is 0 Å². The summed E-state index contributed by atoms with van der Waals surface area (Å²) in [6.07, 6.45) is 1.46. The number of hydrogen-bond acceptors (Lipinski definition) is 6. The molecule has 1 aromatic carbocycles. The van der Waals surface area contributed by atoms with E-state index in [4.69, 9.17) is 15.2 Å². The number of carbonyl (C=O) groups excluding carboxylic acids is 2. The summed E-state index contributed by atoms with van der Waals surface area (Å²) in [4.78, 5) is 25.3. The Bertz CT molecular complexity index is 995. The average Bonchev–Trinajstić information content (AvgIpc) is 3.16. The van der Waals surface area contributed by atoms with Gasteiger partial charge in [0.25, 0.3) is 0 Å². The highest BCUT2D eigenvalue weighted by molar-refractivity contribution is 9.10. The maximum Gasteiger partial charge on any atom is 0.321 e. The van der Waals surface area contributed by atoms with Gasteiger partial charge in [0.1, 0.15) is 5.92 Å². The van der Waals surface area contributed by atoms with Crippen molar-refractivity contribution in [2.45, 2.75) is 36.5 Å². The Hall–Kier alpha value is -2.41. The van der Waals surface area contributed by atoms with Crippen LogP contribution in [0.15, 0.2) is 40.0 Å². The van der Waals surface area contributed by atoms with Crippen LogP contribution in [0.2, 0.25) is 0 Å². The van der Waals surface area contributed by atoms with Crippen molar-refractivity contribution < 1.29 is 19.1 Å². The molecule has 8 nitrogen and oxygen atoms in total. The van der Waals surface area contributed by atoms with Crippen LogP contribution in [0.1, 0.15) is 30.7 Å². The predicted octanol–water partition coefficient (Wildman–Crippen LogP) is 2.02.